The van der Waals surface area contributed by atoms with E-state index in [2.05, 4.69) is 13.3 Å². The van der Waals surface area contributed by atoms with Crippen LogP contribution in [0.2, 0.25) is 0 Å². The molecular weight excluding hydrogens is 194 g/mol. The summed E-state index contributed by atoms with van der Waals surface area (Å²) in [5, 5.41) is 0. The van der Waals surface area contributed by atoms with Gasteiger partial charge in [0, 0.05) is 47.1 Å². The maximum atomic E-state index is 2.65. The Bertz CT molecular complexity index is 141. The summed E-state index contributed by atoms with van der Waals surface area (Å²) in [5.74, 6) is 0. The first-order valence-corrected chi connectivity index (χ1v) is 11.4. The lowest BCUT2D eigenvalue weighted by Crippen LogP contribution is -2.21. The smallest absolute Gasteiger partial charge is 0.0117 e. The molecule has 0 amide bonds. The van der Waals surface area contributed by atoms with Gasteiger partial charge in [-0.1, -0.05) is 0 Å². The lowest BCUT2D eigenvalue weighted by Gasteiger charge is -2.34. The van der Waals surface area contributed by atoms with Crippen LogP contribution in [0.3, 0.4) is 0 Å². The van der Waals surface area contributed by atoms with Gasteiger partial charge in [-0.15, -0.1) is 0 Å². The summed E-state index contributed by atoms with van der Waals surface area (Å²) in [6, 6.07) is 0. The molecule has 76 valence electrons. The first kappa shape index (κ1) is 10.4. The summed E-state index contributed by atoms with van der Waals surface area (Å²) in [6.07, 6.45) is 14.6. The molecule has 3 aliphatic heterocycles. The summed E-state index contributed by atoms with van der Waals surface area (Å²) in [6.45, 7) is 5.30. The zero-order chi connectivity index (χ0) is 9.36. The molecule has 3 fully saturated rings. The van der Waals surface area contributed by atoms with E-state index in [9.17, 15) is 0 Å². The maximum absolute atomic E-state index is 2.65. The summed E-state index contributed by atoms with van der Waals surface area (Å²) in [4.78, 5) is 0. The van der Waals surface area contributed by atoms with Gasteiger partial charge in [0.1, 0.15) is 0 Å². The van der Waals surface area contributed by atoms with Crippen molar-refractivity contribution < 1.29 is 0 Å². The predicted molar refractivity (Wildman–Crippen MR) is 68.7 cm³/mol. The van der Waals surface area contributed by atoms with Crippen LogP contribution in [0, 0.1) is 0 Å². The average Bonchev–Trinajstić information content (AvgIpc) is 1.98. The van der Waals surface area contributed by atoms with Gasteiger partial charge in [-0.3, -0.25) is 0 Å². The number of hydrogen-bond acceptors (Lipinski definition) is 0. The van der Waals surface area contributed by atoms with Gasteiger partial charge in [0.2, 0.25) is 0 Å². The second-order valence-electron chi connectivity index (χ2n) is 5.64. The zero-order valence-corrected chi connectivity index (χ0v) is 11.0. The Morgan fingerprint density at radius 1 is 0.538 bits per heavy atom. The van der Waals surface area contributed by atoms with Crippen molar-refractivity contribution in [2.24, 2.45) is 0 Å². The largest absolute Gasteiger partial charge is 0.0626 e. The number of fused-ring (bicyclic) bond motifs is 6. The van der Waals surface area contributed by atoms with Crippen LogP contribution in [-0.4, -0.2) is 50.3 Å². The van der Waals surface area contributed by atoms with E-state index < -0.39 is 14.5 Å². The molecule has 0 saturated carbocycles. The molecule has 2 heteroatoms. The van der Waals surface area contributed by atoms with Crippen molar-refractivity contribution in [1.29, 1.82) is 0 Å². The topological polar surface area (TPSA) is 0 Å². The molecule has 3 aliphatic rings. The van der Waals surface area contributed by atoms with Crippen molar-refractivity contribution in [3.8, 4) is 0 Å². The fourth-order valence-electron chi connectivity index (χ4n) is 3.17. The van der Waals surface area contributed by atoms with Crippen LogP contribution < -0.4 is 0 Å². The monoisotopic (exact) mass is 218 g/mol. The van der Waals surface area contributed by atoms with E-state index in [0.717, 1.165) is 0 Å². The normalized spacial score (nSPS) is 46.6. The molecule has 2 bridgehead atoms. The number of hydrogen-bond donors (Lipinski definition) is 0. The van der Waals surface area contributed by atoms with E-state index >= 15 is 0 Å². The van der Waals surface area contributed by atoms with Gasteiger partial charge in [-0.2, -0.15) is 0 Å². The van der Waals surface area contributed by atoms with E-state index in [1.54, 1.807) is 56.2 Å². The molecule has 0 aromatic carbocycles. The minimum Gasteiger partial charge on any atom is 0.0117 e. The zero-order valence-electron chi connectivity index (χ0n) is 9.26. The van der Waals surface area contributed by atoms with Crippen molar-refractivity contribution in [3.05, 3.63) is 0 Å². The second-order valence-corrected chi connectivity index (χ2v) is 14.8. The Kier molecular flexibility index (Phi) is 3.02. The third kappa shape index (κ3) is 2.45. The first-order chi connectivity index (χ1) is 6.12. The van der Waals surface area contributed by atoms with Crippen LogP contribution in [0.4, 0.5) is 0 Å². The minimum atomic E-state index is -0.409. The van der Waals surface area contributed by atoms with Gasteiger partial charge in [0.15, 0.2) is 0 Å². The van der Waals surface area contributed by atoms with Crippen LogP contribution in [0.15, 0.2) is 0 Å². The SMILES string of the molecule is C[P+]12CCC[P+](C)(CCC1)CCC2. The van der Waals surface area contributed by atoms with Gasteiger partial charge in [0.05, 0.1) is 37.0 Å². The van der Waals surface area contributed by atoms with Crippen molar-refractivity contribution in [3.63, 3.8) is 0 Å². The molecule has 0 aromatic heterocycles. The molecular formula is C11H24P2+2. The van der Waals surface area contributed by atoms with Gasteiger partial charge < -0.3 is 0 Å². The van der Waals surface area contributed by atoms with Crippen LogP contribution >= 0.6 is 14.5 Å². The fraction of sp³-hybridized carbons (Fsp3) is 1.00. The lowest BCUT2D eigenvalue weighted by atomic mass is 10.5. The standard InChI is InChI=1S/C11H24P2/c1-12-6-3-9-13(2,10-4-7-12)11-5-8-12/h3-11H2,1-2H3/q+2. The molecule has 0 atom stereocenters. The van der Waals surface area contributed by atoms with Crippen molar-refractivity contribution in [1.82, 2.24) is 0 Å². The predicted octanol–water partition coefficient (Wildman–Crippen LogP) is 3.48. The summed E-state index contributed by atoms with van der Waals surface area (Å²) in [7, 11) is -0.818. The fourth-order valence-corrected chi connectivity index (χ4v) is 10.8. The molecule has 0 nitrogen and oxygen atoms in total. The Balaban J connectivity index is 2.12. The summed E-state index contributed by atoms with van der Waals surface area (Å²) >= 11 is 0. The average molecular weight is 218 g/mol. The van der Waals surface area contributed by atoms with Gasteiger partial charge in [-0.05, 0) is 0 Å². The highest BCUT2D eigenvalue weighted by molar-refractivity contribution is 7.77. The van der Waals surface area contributed by atoms with E-state index in [1.165, 1.54) is 0 Å². The Hall–Kier alpha value is 0.860. The molecule has 3 rings (SSSR count). The van der Waals surface area contributed by atoms with Gasteiger partial charge >= 0.3 is 0 Å². The second kappa shape index (κ2) is 3.79. The quantitative estimate of drug-likeness (QED) is 0.546. The molecule has 3 heterocycles. The van der Waals surface area contributed by atoms with Gasteiger partial charge in [-0.25, -0.2) is 0 Å². The van der Waals surface area contributed by atoms with E-state index in [-0.39, 0.29) is 0 Å². The molecule has 13 heavy (non-hydrogen) atoms. The van der Waals surface area contributed by atoms with Crippen molar-refractivity contribution >= 4 is 14.5 Å². The van der Waals surface area contributed by atoms with Crippen LogP contribution in [0.25, 0.3) is 0 Å². The summed E-state index contributed by atoms with van der Waals surface area (Å²) < 4.78 is 0. The maximum Gasteiger partial charge on any atom is 0.0626 e. The molecule has 0 aromatic rings. The van der Waals surface area contributed by atoms with Crippen LogP contribution in [0.5, 0.6) is 0 Å². The lowest BCUT2D eigenvalue weighted by molar-refractivity contribution is 0.931. The molecule has 0 spiro atoms. The summed E-state index contributed by atoms with van der Waals surface area (Å²) in [5.41, 5.74) is 0. The number of rotatable bonds is 0. The Morgan fingerprint density at radius 3 is 1.00 bits per heavy atom. The highest BCUT2D eigenvalue weighted by Crippen LogP contribution is 2.67. The third-order valence-corrected chi connectivity index (χ3v) is 12.6. The highest BCUT2D eigenvalue weighted by Gasteiger charge is 2.42. The van der Waals surface area contributed by atoms with E-state index in [1.807, 2.05) is 0 Å². The third-order valence-electron chi connectivity index (χ3n) is 4.19. The van der Waals surface area contributed by atoms with Crippen molar-refractivity contribution in [2.75, 3.05) is 50.3 Å². The van der Waals surface area contributed by atoms with Gasteiger partial charge in [0.25, 0.3) is 0 Å². The first-order valence-electron chi connectivity index (χ1n) is 5.79. The highest BCUT2D eigenvalue weighted by atomic mass is 31.2. The Labute approximate surface area is 84.5 Å². The Morgan fingerprint density at radius 2 is 0.769 bits per heavy atom. The van der Waals surface area contributed by atoms with Crippen LogP contribution in [0.1, 0.15) is 19.3 Å². The van der Waals surface area contributed by atoms with Crippen LogP contribution in [-0.2, 0) is 0 Å². The molecule has 0 aliphatic carbocycles. The molecule has 0 unspecified atom stereocenters. The molecule has 3 saturated heterocycles. The van der Waals surface area contributed by atoms with E-state index in [4.69, 9.17) is 0 Å². The molecule has 0 radical (unpaired) electrons. The molecule has 0 N–H and O–H groups in total. The minimum absolute atomic E-state index is 0.409. The van der Waals surface area contributed by atoms with Crippen molar-refractivity contribution in [2.45, 2.75) is 19.3 Å². The van der Waals surface area contributed by atoms with E-state index in [0.29, 0.717) is 0 Å².